The molecule has 2 N–H and O–H groups in total. The summed E-state index contributed by atoms with van der Waals surface area (Å²) in [5, 5.41) is 0. The number of carbonyl (C=O) groups is 1. The molecule has 0 saturated heterocycles. The molecule has 0 unspecified atom stereocenters. The highest BCUT2D eigenvalue weighted by Crippen LogP contribution is 2.55. The van der Waals surface area contributed by atoms with Gasteiger partial charge in [0.1, 0.15) is 0 Å². The number of nitrogens with zero attached hydrogens (tertiary/aromatic N) is 2. The zero-order chi connectivity index (χ0) is 13.6. The Balaban J connectivity index is 1.80. The highest BCUT2D eigenvalue weighted by molar-refractivity contribution is 5.74. The number of hydrogen-bond acceptors (Lipinski definition) is 2. The molecule has 4 aliphatic carbocycles. The molecule has 0 atom stereocenters. The number of urea groups is 1. The lowest BCUT2D eigenvalue weighted by Gasteiger charge is -2.57. The Kier molecular flexibility index (Phi) is 3.46. The van der Waals surface area contributed by atoms with Gasteiger partial charge in [0, 0.05) is 33.2 Å². The topological polar surface area (TPSA) is 49.6 Å². The first-order valence-corrected chi connectivity index (χ1v) is 7.78. The molecule has 4 fully saturated rings. The fourth-order valence-electron chi connectivity index (χ4n) is 5.17. The van der Waals surface area contributed by atoms with Gasteiger partial charge in [-0.1, -0.05) is 0 Å². The molecule has 108 valence electrons. The summed E-state index contributed by atoms with van der Waals surface area (Å²) in [6, 6.07) is 0.620. The minimum absolute atomic E-state index is 0.155. The Morgan fingerprint density at radius 1 is 1.05 bits per heavy atom. The van der Waals surface area contributed by atoms with Crippen LogP contribution in [0.1, 0.15) is 32.1 Å². The predicted octanol–water partition coefficient (Wildman–Crippen LogP) is 1.75. The molecule has 0 aromatic carbocycles. The van der Waals surface area contributed by atoms with Crippen LogP contribution in [0.3, 0.4) is 0 Å². The Bertz CT molecular complexity index is 327. The van der Waals surface area contributed by atoms with Crippen LogP contribution in [-0.4, -0.2) is 49.1 Å². The standard InChI is InChI=1S/C15H27N3O/c1-17(2)15(19)18(4-3-16)14-12-6-10-5-11(8-12)9-13(14)7-10/h10-14H,3-9,16H2,1-2H3. The largest absolute Gasteiger partial charge is 0.331 e. The highest BCUT2D eigenvalue weighted by atomic mass is 16.2. The Hall–Kier alpha value is -0.770. The van der Waals surface area contributed by atoms with Gasteiger partial charge < -0.3 is 15.5 Å². The molecular weight excluding hydrogens is 238 g/mol. The molecule has 4 heteroatoms. The van der Waals surface area contributed by atoms with Gasteiger partial charge in [-0.25, -0.2) is 4.79 Å². The molecule has 4 aliphatic rings. The van der Waals surface area contributed by atoms with Crippen molar-refractivity contribution in [1.29, 1.82) is 0 Å². The van der Waals surface area contributed by atoms with Crippen LogP contribution in [0, 0.1) is 23.7 Å². The molecule has 4 saturated carbocycles. The summed E-state index contributed by atoms with van der Waals surface area (Å²) in [7, 11) is 3.70. The lowest BCUT2D eigenvalue weighted by Crippen LogP contribution is -2.59. The molecular formula is C15H27N3O. The van der Waals surface area contributed by atoms with E-state index in [4.69, 9.17) is 5.73 Å². The van der Waals surface area contributed by atoms with Gasteiger partial charge in [0.05, 0.1) is 0 Å². The van der Waals surface area contributed by atoms with Crippen LogP contribution >= 0.6 is 0 Å². The van der Waals surface area contributed by atoms with E-state index in [1.165, 1.54) is 32.1 Å². The maximum atomic E-state index is 12.5. The molecule has 19 heavy (non-hydrogen) atoms. The zero-order valence-corrected chi connectivity index (χ0v) is 12.2. The van der Waals surface area contributed by atoms with Crippen LogP contribution < -0.4 is 5.73 Å². The smallest absolute Gasteiger partial charge is 0.319 e. The fraction of sp³-hybridized carbons (Fsp3) is 0.933. The van der Waals surface area contributed by atoms with Crippen LogP contribution in [0.15, 0.2) is 0 Å². The van der Waals surface area contributed by atoms with Crippen molar-refractivity contribution < 1.29 is 4.79 Å². The van der Waals surface area contributed by atoms with Crippen LogP contribution in [0.2, 0.25) is 0 Å². The molecule has 0 heterocycles. The molecule has 0 aromatic heterocycles. The number of nitrogens with two attached hydrogens (primary N) is 1. The number of hydrogen-bond donors (Lipinski definition) is 1. The van der Waals surface area contributed by atoms with Crippen LogP contribution in [0.4, 0.5) is 4.79 Å². The molecule has 4 bridgehead atoms. The average molecular weight is 265 g/mol. The summed E-state index contributed by atoms with van der Waals surface area (Å²) in [5.74, 6) is 3.39. The van der Waals surface area contributed by atoms with Crippen molar-refractivity contribution >= 4 is 6.03 Å². The second-order valence-corrected chi connectivity index (χ2v) is 7.08. The van der Waals surface area contributed by atoms with Gasteiger partial charge in [-0.2, -0.15) is 0 Å². The zero-order valence-electron chi connectivity index (χ0n) is 12.2. The first-order valence-electron chi connectivity index (χ1n) is 7.78. The van der Waals surface area contributed by atoms with Crippen molar-refractivity contribution in [3.63, 3.8) is 0 Å². The van der Waals surface area contributed by atoms with Crippen molar-refractivity contribution in [3.8, 4) is 0 Å². The van der Waals surface area contributed by atoms with Gasteiger partial charge in [-0.3, -0.25) is 0 Å². The molecule has 4 nitrogen and oxygen atoms in total. The summed E-state index contributed by atoms with van der Waals surface area (Å²) < 4.78 is 0. The van der Waals surface area contributed by atoms with Gasteiger partial charge in [0.25, 0.3) is 0 Å². The van der Waals surface area contributed by atoms with E-state index >= 15 is 0 Å². The van der Waals surface area contributed by atoms with Crippen molar-refractivity contribution in [2.24, 2.45) is 29.4 Å². The molecule has 4 rings (SSSR count). The minimum atomic E-state index is 0.155. The molecule has 0 aliphatic heterocycles. The van der Waals surface area contributed by atoms with Crippen molar-refractivity contribution in [1.82, 2.24) is 9.80 Å². The van der Waals surface area contributed by atoms with E-state index in [9.17, 15) is 4.79 Å². The predicted molar refractivity (Wildman–Crippen MR) is 75.7 cm³/mol. The summed E-state index contributed by atoms with van der Waals surface area (Å²) in [6.45, 7) is 1.28. The van der Waals surface area contributed by atoms with E-state index < -0.39 is 0 Å². The number of amides is 2. The third kappa shape index (κ3) is 2.24. The summed E-state index contributed by atoms with van der Waals surface area (Å²) in [5.41, 5.74) is 5.75. The third-order valence-electron chi connectivity index (χ3n) is 5.54. The average Bonchev–Trinajstić information content (AvgIpc) is 2.35. The van der Waals surface area contributed by atoms with E-state index in [2.05, 4.69) is 4.90 Å². The van der Waals surface area contributed by atoms with Gasteiger partial charge in [0.15, 0.2) is 0 Å². The Morgan fingerprint density at radius 2 is 1.58 bits per heavy atom. The normalized spacial score (nSPS) is 39.4. The van der Waals surface area contributed by atoms with Gasteiger partial charge in [-0.05, 0) is 55.8 Å². The van der Waals surface area contributed by atoms with Gasteiger partial charge in [0.2, 0.25) is 0 Å². The van der Waals surface area contributed by atoms with E-state index in [0.717, 1.165) is 23.7 Å². The maximum Gasteiger partial charge on any atom is 0.319 e. The molecule has 0 spiro atoms. The second-order valence-electron chi connectivity index (χ2n) is 7.08. The second kappa shape index (κ2) is 4.97. The van der Waals surface area contributed by atoms with E-state index in [1.54, 1.807) is 4.90 Å². The lowest BCUT2D eigenvalue weighted by molar-refractivity contribution is -0.0531. The van der Waals surface area contributed by atoms with E-state index in [-0.39, 0.29) is 6.03 Å². The monoisotopic (exact) mass is 265 g/mol. The van der Waals surface area contributed by atoms with Crippen LogP contribution in [-0.2, 0) is 0 Å². The van der Waals surface area contributed by atoms with Crippen molar-refractivity contribution in [3.05, 3.63) is 0 Å². The fourth-order valence-corrected chi connectivity index (χ4v) is 5.17. The quantitative estimate of drug-likeness (QED) is 0.845. The molecule has 0 radical (unpaired) electrons. The summed E-state index contributed by atoms with van der Waals surface area (Å²) >= 11 is 0. The minimum Gasteiger partial charge on any atom is -0.331 e. The Morgan fingerprint density at radius 3 is 2.00 bits per heavy atom. The first kappa shape index (κ1) is 13.2. The van der Waals surface area contributed by atoms with Crippen molar-refractivity contribution in [2.75, 3.05) is 27.2 Å². The Labute approximate surface area is 116 Å². The SMILES string of the molecule is CN(C)C(=O)N(CCN)C1C2CC3CC(C2)CC1C3. The van der Waals surface area contributed by atoms with E-state index in [1.807, 2.05) is 14.1 Å². The number of rotatable bonds is 3. The maximum absolute atomic E-state index is 12.5. The first-order chi connectivity index (χ1) is 9.10. The van der Waals surface area contributed by atoms with Crippen molar-refractivity contribution in [2.45, 2.75) is 38.1 Å². The third-order valence-corrected chi connectivity index (χ3v) is 5.54. The van der Waals surface area contributed by atoms with E-state index in [0.29, 0.717) is 19.1 Å². The highest BCUT2D eigenvalue weighted by Gasteiger charge is 2.51. The lowest BCUT2D eigenvalue weighted by atomic mass is 9.54. The summed E-state index contributed by atoms with van der Waals surface area (Å²) in [4.78, 5) is 16.3. The number of carbonyl (C=O) groups excluding carboxylic acids is 1. The molecule has 0 aromatic rings. The molecule has 2 amide bonds. The van der Waals surface area contributed by atoms with Crippen LogP contribution in [0.5, 0.6) is 0 Å². The summed E-state index contributed by atoms with van der Waals surface area (Å²) in [6.07, 6.45) is 6.84. The van der Waals surface area contributed by atoms with Gasteiger partial charge >= 0.3 is 6.03 Å². The van der Waals surface area contributed by atoms with Crippen LogP contribution in [0.25, 0.3) is 0 Å². The van der Waals surface area contributed by atoms with Gasteiger partial charge in [-0.15, -0.1) is 0 Å².